The van der Waals surface area contributed by atoms with Gasteiger partial charge >= 0.3 is 0 Å². The lowest BCUT2D eigenvalue weighted by Crippen LogP contribution is -2.36. The Morgan fingerprint density at radius 3 is 2.84 bits per heavy atom. The smallest absolute Gasteiger partial charge is 0.184 e. The van der Waals surface area contributed by atoms with Gasteiger partial charge in [0.25, 0.3) is 0 Å². The molecule has 104 valence electrons. The monoisotopic (exact) mass is 266 g/mol. The van der Waals surface area contributed by atoms with Crippen molar-refractivity contribution in [2.75, 3.05) is 13.7 Å². The third-order valence-corrected chi connectivity index (χ3v) is 3.66. The average Bonchev–Trinajstić information content (AvgIpc) is 2.98. The van der Waals surface area contributed by atoms with E-state index in [2.05, 4.69) is 0 Å². The molecule has 0 bridgehead atoms. The normalized spacial score (nSPS) is 37.5. The number of aliphatic hydroxyl groups excluding tert-OH is 1. The molecular formula is C14H18O5. The minimum atomic E-state index is -0.842. The lowest BCUT2D eigenvalue weighted by atomic mass is 10.0. The average molecular weight is 266 g/mol. The molecule has 0 spiro atoms. The van der Waals surface area contributed by atoms with E-state index in [0.717, 1.165) is 5.56 Å². The van der Waals surface area contributed by atoms with Crippen LogP contribution in [0, 0.1) is 5.92 Å². The van der Waals surface area contributed by atoms with Crippen molar-refractivity contribution in [2.24, 2.45) is 5.92 Å². The van der Waals surface area contributed by atoms with Crippen molar-refractivity contribution in [2.45, 2.75) is 31.4 Å². The molecule has 5 heteroatoms. The fourth-order valence-corrected chi connectivity index (χ4v) is 2.68. The summed E-state index contributed by atoms with van der Waals surface area (Å²) in [5.41, 5.74) is 1.08. The van der Waals surface area contributed by atoms with Gasteiger partial charge in [-0.15, -0.1) is 0 Å². The summed E-state index contributed by atoms with van der Waals surface area (Å²) in [6, 6.07) is 9.89. The van der Waals surface area contributed by atoms with Crippen LogP contribution in [0.1, 0.15) is 5.56 Å². The predicted octanol–water partition coefficient (Wildman–Crippen LogP) is 0.908. The van der Waals surface area contributed by atoms with Gasteiger partial charge in [0.05, 0.1) is 25.2 Å². The molecule has 0 aromatic heterocycles. The molecule has 2 fully saturated rings. The van der Waals surface area contributed by atoms with Gasteiger partial charge in [0, 0.05) is 7.11 Å². The van der Waals surface area contributed by atoms with Crippen LogP contribution in [-0.2, 0) is 25.6 Å². The molecule has 1 aromatic carbocycles. The summed E-state index contributed by atoms with van der Waals surface area (Å²) < 4.78 is 22.0. The Morgan fingerprint density at radius 2 is 2.11 bits per heavy atom. The van der Waals surface area contributed by atoms with E-state index in [0.29, 0.717) is 13.2 Å². The Hall–Kier alpha value is -0.980. The zero-order valence-corrected chi connectivity index (χ0v) is 10.8. The van der Waals surface area contributed by atoms with Crippen LogP contribution in [0.15, 0.2) is 30.3 Å². The fraction of sp³-hybridized carbons (Fsp3) is 0.571. The molecule has 0 amide bonds. The number of aliphatic hydroxyl groups is 1. The third-order valence-electron chi connectivity index (χ3n) is 3.66. The van der Waals surface area contributed by atoms with Gasteiger partial charge < -0.3 is 24.1 Å². The zero-order chi connectivity index (χ0) is 13.2. The van der Waals surface area contributed by atoms with Crippen LogP contribution in [0.4, 0.5) is 0 Å². The van der Waals surface area contributed by atoms with Crippen LogP contribution >= 0.6 is 0 Å². The lowest BCUT2D eigenvalue weighted by molar-refractivity contribution is -0.192. The lowest BCUT2D eigenvalue weighted by Gasteiger charge is -2.23. The van der Waals surface area contributed by atoms with Gasteiger partial charge in [-0.05, 0) is 5.56 Å². The van der Waals surface area contributed by atoms with Gasteiger partial charge in [0.15, 0.2) is 12.6 Å². The van der Waals surface area contributed by atoms with Crippen molar-refractivity contribution >= 4 is 0 Å². The van der Waals surface area contributed by atoms with E-state index < -0.39 is 12.6 Å². The largest absolute Gasteiger partial charge is 0.368 e. The molecular weight excluding hydrogens is 248 g/mol. The van der Waals surface area contributed by atoms with Crippen LogP contribution < -0.4 is 0 Å². The molecule has 3 rings (SSSR count). The van der Waals surface area contributed by atoms with Gasteiger partial charge in [-0.25, -0.2) is 0 Å². The Morgan fingerprint density at radius 1 is 1.32 bits per heavy atom. The van der Waals surface area contributed by atoms with Crippen LogP contribution in [0.25, 0.3) is 0 Å². The summed E-state index contributed by atoms with van der Waals surface area (Å²) in [6.07, 6.45) is -1.75. The van der Waals surface area contributed by atoms with Crippen LogP contribution in [0.3, 0.4) is 0 Å². The SMILES string of the molecule is CO[C@H]1O[C@@H]2CO[C@@H](O)[C@@H]2[C@H]1OCc1ccccc1. The van der Waals surface area contributed by atoms with Crippen molar-refractivity contribution in [3.63, 3.8) is 0 Å². The highest BCUT2D eigenvalue weighted by molar-refractivity contribution is 5.13. The van der Waals surface area contributed by atoms with E-state index in [1.807, 2.05) is 30.3 Å². The molecule has 2 saturated heterocycles. The maximum absolute atomic E-state index is 9.84. The molecule has 19 heavy (non-hydrogen) atoms. The van der Waals surface area contributed by atoms with Crippen molar-refractivity contribution < 1.29 is 24.1 Å². The van der Waals surface area contributed by atoms with E-state index in [1.54, 1.807) is 7.11 Å². The number of hydrogen-bond donors (Lipinski definition) is 1. The zero-order valence-electron chi connectivity index (χ0n) is 10.8. The third kappa shape index (κ3) is 2.52. The molecule has 0 unspecified atom stereocenters. The minimum Gasteiger partial charge on any atom is -0.368 e. The van der Waals surface area contributed by atoms with Gasteiger partial charge in [0.2, 0.25) is 0 Å². The summed E-state index contributed by atoms with van der Waals surface area (Å²) in [6.45, 7) is 0.849. The first-order valence-electron chi connectivity index (χ1n) is 6.43. The second-order valence-electron chi connectivity index (χ2n) is 4.84. The first-order chi connectivity index (χ1) is 9.29. The minimum absolute atomic E-state index is 0.152. The number of hydrogen-bond acceptors (Lipinski definition) is 5. The Kier molecular flexibility index (Phi) is 3.81. The van der Waals surface area contributed by atoms with E-state index in [-0.39, 0.29) is 18.1 Å². The van der Waals surface area contributed by atoms with Gasteiger partial charge in [-0.2, -0.15) is 0 Å². The second-order valence-corrected chi connectivity index (χ2v) is 4.84. The summed E-state index contributed by atoms with van der Waals surface area (Å²) in [7, 11) is 1.58. The quantitative estimate of drug-likeness (QED) is 0.877. The van der Waals surface area contributed by atoms with E-state index in [9.17, 15) is 5.11 Å². The Balaban J connectivity index is 1.67. The summed E-state index contributed by atoms with van der Waals surface area (Å²) in [5.74, 6) is -0.186. The molecule has 2 aliphatic rings. The molecule has 5 nitrogen and oxygen atoms in total. The van der Waals surface area contributed by atoms with Gasteiger partial charge in [0.1, 0.15) is 6.10 Å². The van der Waals surface area contributed by atoms with Crippen LogP contribution in [0.2, 0.25) is 0 Å². The van der Waals surface area contributed by atoms with Crippen molar-refractivity contribution in [3.05, 3.63) is 35.9 Å². The van der Waals surface area contributed by atoms with E-state index in [1.165, 1.54) is 0 Å². The van der Waals surface area contributed by atoms with E-state index >= 15 is 0 Å². The highest BCUT2D eigenvalue weighted by atomic mass is 16.7. The van der Waals surface area contributed by atoms with Crippen molar-refractivity contribution in [1.82, 2.24) is 0 Å². The maximum atomic E-state index is 9.84. The number of rotatable bonds is 4. The second kappa shape index (κ2) is 5.56. The van der Waals surface area contributed by atoms with Gasteiger partial charge in [-0.1, -0.05) is 30.3 Å². The molecule has 1 aromatic rings. The molecule has 0 aliphatic carbocycles. The van der Waals surface area contributed by atoms with Crippen LogP contribution in [0.5, 0.6) is 0 Å². The first kappa shape index (κ1) is 13.0. The van der Waals surface area contributed by atoms with Crippen LogP contribution in [-0.4, -0.2) is 43.6 Å². The highest BCUT2D eigenvalue weighted by Gasteiger charge is 2.53. The Bertz CT molecular complexity index is 410. The first-order valence-corrected chi connectivity index (χ1v) is 6.43. The fourth-order valence-electron chi connectivity index (χ4n) is 2.68. The molecule has 0 radical (unpaired) electrons. The van der Waals surface area contributed by atoms with Crippen molar-refractivity contribution in [1.29, 1.82) is 0 Å². The van der Waals surface area contributed by atoms with E-state index in [4.69, 9.17) is 18.9 Å². The predicted molar refractivity (Wildman–Crippen MR) is 66.1 cm³/mol. The summed E-state index contributed by atoms with van der Waals surface area (Å²) >= 11 is 0. The molecule has 1 N–H and O–H groups in total. The maximum Gasteiger partial charge on any atom is 0.184 e. The standard InChI is InChI=1S/C14H18O5/c1-16-14-12(11-10(19-14)8-18-13(11)15)17-7-9-5-3-2-4-6-9/h2-6,10-15H,7-8H2,1H3/t10-,11+,12-,13-,14+/m1/s1. The number of methoxy groups -OCH3 is 1. The molecule has 5 atom stereocenters. The molecule has 2 heterocycles. The van der Waals surface area contributed by atoms with Gasteiger partial charge in [-0.3, -0.25) is 0 Å². The highest BCUT2D eigenvalue weighted by Crippen LogP contribution is 2.37. The summed E-state index contributed by atoms with van der Waals surface area (Å²) in [5, 5.41) is 9.84. The van der Waals surface area contributed by atoms with Crippen molar-refractivity contribution in [3.8, 4) is 0 Å². The summed E-state index contributed by atoms with van der Waals surface area (Å²) in [4.78, 5) is 0. The number of ether oxygens (including phenoxy) is 4. The Labute approximate surface area is 112 Å². The molecule has 0 saturated carbocycles. The number of fused-ring (bicyclic) bond motifs is 1. The molecule has 2 aliphatic heterocycles. The number of benzene rings is 1. The topological polar surface area (TPSA) is 57.2 Å².